The quantitative estimate of drug-likeness (QED) is 0.298. The molecule has 0 unspecified atom stereocenters. The van der Waals surface area contributed by atoms with Crippen molar-refractivity contribution >= 4 is 22.7 Å². The van der Waals surface area contributed by atoms with Gasteiger partial charge in [-0.25, -0.2) is 0 Å². The molecule has 3 aromatic carbocycles. The van der Waals surface area contributed by atoms with Gasteiger partial charge >= 0.3 is 0 Å². The monoisotopic (exact) mass is 508 g/mol. The largest absolute Gasteiger partial charge is 0.358 e. The summed E-state index contributed by atoms with van der Waals surface area (Å²) in [6, 6.07) is 27.0. The minimum absolute atomic E-state index is 0.173. The highest BCUT2D eigenvalue weighted by atomic mass is 15.4. The summed E-state index contributed by atoms with van der Waals surface area (Å²) in [5, 5.41) is 0. The van der Waals surface area contributed by atoms with Gasteiger partial charge < -0.3 is 19.6 Å². The van der Waals surface area contributed by atoms with Crippen molar-refractivity contribution in [2.75, 3.05) is 41.1 Å². The molecule has 4 heteroatoms. The SMILES string of the molecule is CC(C)(C)c1ccc(N2C=CN(CCCCN3CN(c4ccc(C(C)(C)C)cc4)c4ccccc43)C2)cc1. The molecule has 0 spiro atoms. The van der Waals surface area contributed by atoms with E-state index in [4.69, 9.17) is 0 Å². The summed E-state index contributed by atoms with van der Waals surface area (Å²) in [7, 11) is 0. The Labute approximate surface area is 230 Å². The number of anilines is 4. The standard InChI is InChI=1S/C34H44N4/c1-33(2,3)27-13-17-29(18-14-27)36-24-23-35(25-36)21-9-10-22-37-26-38(32-12-8-7-11-31(32)37)30-19-15-28(16-20-30)34(4,5)6/h7-8,11-20,23-24H,9-10,21-22,25-26H2,1-6H3. The molecule has 0 N–H and O–H groups in total. The van der Waals surface area contributed by atoms with Crippen LogP contribution in [0, 0.1) is 0 Å². The van der Waals surface area contributed by atoms with E-state index >= 15 is 0 Å². The van der Waals surface area contributed by atoms with Gasteiger partial charge in [-0.05, 0) is 71.2 Å². The van der Waals surface area contributed by atoms with Crippen LogP contribution in [0.4, 0.5) is 22.7 Å². The van der Waals surface area contributed by atoms with Crippen molar-refractivity contribution in [1.82, 2.24) is 4.90 Å². The molecule has 0 aliphatic carbocycles. The third-order valence-corrected chi connectivity index (χ3v) is 7.85. The van der Waals surface area contributed by atoms with Crippen molar-refractivity contribution in [1.29, 1.82) is 0 Å². The van der Waals surface area contributed by atoms with Crippen LogP contribution in [-0.2, 0) is 10.8 Å². The average Bonchev–Trinajstić information content (AvgIpc) is 3.51. The maximum Gasteiger partial charge on any atom is 0.0953 e. The zero-order valence-corrected chi connectivity index (χ0v) is 24.1. The second-order valence-corrected chi connectivity index (χ2v) is 12.8. The molecule has 2 heterocycles. The molecule has 0 aromatic heterocycles. The first-order valence-electron chi connectivity index (χ1n) is 14.1. The summed E-state index contributed by atoms with van der Waals surface area (Å²) < 4.78 is 0. The van der Waals surface area contributed by atoms with E-state index in [-0.39, 0.29) is 10.8 Å². The van der Waals surface area contributed by atoms with E-state index in [1.54, 1.807) is 0 Å². The summed E-state index contributed by atoms with van der Waals surface area (Å²) >= 11 is 0. The maximum absolute atomic E-state index is 2.54. The van der Waals surface area contributed by atoms with Gasteiger partial charge in [-0.3, -0.25) is 0 Å². The van der Waals surface area contributed by atoms with Gasteiger partial charge in [0, 0.05) is 36.9 Å². The summed E-state index contributed by atoms with van der Waals surface area (Å²) in [5.41, 5.74) is 8.31. The smallest absolute Gasteiger partial charge is 0.0953 e. The fourth-order valence-electron chi connectivity index (χ4n) is 5.38. The van der Waals surface area contributed by atoms with Crippen LogP contribution in [0.25, 0.3) is 0 Å². The molecule has 0 amide bonds. The molecule has 0 saturated carbocycles. The lowest BCUT2D eigenvalue weighted by molar-refractivity contribution is 0.393. The Balaban J connectivity index is 1.13. The van der Waals surface area contributed by atoms with Crippen molar-refractivity contribution in [3.05, 3.63) is 96.3 Å². The van der Waals surface area contributed by atoms with Crippen LogP contribution in [0.2, 0.25) is 0 Å². The summed E-state index contributed by atoms with van der Waals surface area (Å²) in [6.07, 6.45) is 6.81. The Hall–Kier alpha value is -3.40. The van der Waals surface area contributed by atoms with Crippen LogP contribution in [-0.4, -0.2) is 31.3 Å². The molecule has 2 aliphatic rings. The van der Waals surface area contributed by atoms with E-state index in [1.165, 1.54) is 46.7 Å². The first-order valence-corrected chi connectivity index (χ1v) is 14.1. The minimum atomic E-state index is 0.173. The third kappa shape index (κ3) is 5.70. The average molecular weight is 509 g/mol. The lowest BCUT2D eigenvalue weighted by Gasteiger charge is -2.25. The van der Waals surface area contributed by atoms with Crippen LogP contribution < -0.4 is 14.7 Å². The number of fused-ring (bicyclic) bond motifs is 1. The summed E-state index contributed by atoms with van der Waals surface area (Å²) in [6.45, 7) is 17.6. The normalized spacial score (nSPS) is 15.5. The third-order valence-electron chi connectivity index (χ3n) is 7.85. The first-order chi connectivity index (χ1) is 18.1. The molecule has 0 fully saturated rings. The Morgan fingerprint density at radius 2 is 1.13 bits per heavy atom. The second kappa shape index (κ2) is 10.4. The van der Waals surface area contributed by atoms with Crippen LogP contribution in [0.1, 0.15) is 65.5 Å². The highest BCUT2D eigenvalue weighted by Gasteiger charge is 2.26. The van der Waals surface area contributed by atoms with E-state index in [0.29, 0.717) is 0 Å². The fraction of sp³-hybridized carbons (Fsp3) is 0.412. The molecule has 0 saturated heterocycles. The Bertz CT molecular complexity index is 1250. The van der Waals surface area contributed by atoms with E-state index in [9.17, 15) is 0 Å². The minimum Gasteiger partial charge on any atom is -0.358 e. The van der Waals surface area contributed by atoms with Crippen molar-refractivity contribution in [2.45, 2.75) is 65.2 Å². The molecule has 4 nitrogen and oxygen atoms in total. The molecular weight excluding hydrogens is 464 g/mol. The molecule has 200 valence electrons. The van der Waals surface area contributed by atoms with Gasteiger partial charge in [0.25, 0.3) is 0 Å². The van der Waals surface area contributed by atoms with E-state index in [0.717, 1.165) is 26.4 Å². The number of hydrogen-bond donors (Lipinski definition) is 0. The van der Waals surface area contributed by atoms with Gasteiger partial charge in [0.2, 0.25) is 0 Å². The topological polar surface area (TPSA) is 13.0 Å². The maximum atomic E-state index is 2.54. The van der Waals surface area contributed by atoms with E-state index in [1.807, 2.05) is 0 Å². The van der Waals surface area contributed by atoms with Crippen LogP contribution in [0.5, 0.6) is 0 Å². The van der Waals surface area contributed by atoms with Gasteiger partial charge in [0.05, 0.1) is 24.7 Å². The van der Waals surface area contributed by atoms with E-state index < -0.39 is 0 Å². The molecule has 0 bridgehead atoms. The van der Waals surface area contributed by atoms with Gasteiger partial charge in [-0.1, -0.05) is 77.9 Å². The van der Waals surface area contributed by atoms with Gasteiger partial charge in [-0.2, -0.15) is 0 Å². The van der Waals surface area contributed by atoms with Crippen molar-refractivity contribution in [3.63, 3.8) is 0 Å². The van der Waals surface area contributed by atoms with Gasteiger partial charge in [-0.15, -0.1) is 0 Å². The lowest BCUT2D eigenvalue weighted by atomic mass is 9.87. The number of rotatable bonds is 7. The number of nitrogens with zero attached hydrogens (tertiary/aromatic N) is 4. The zero-order valence-electron chi connectivity index (χ0n) is 24.1. The molecular formula is C34H44N4. The lowest BCUT2D eigenvalue weighted by Crippen LogP contribution is -2.30. The van der Waals surface area contributed by atoms with Crippen LogP contribution >= 0.6 is 0 Å². The number of para-hydroxylation sites is 2. The Morgan fingerprint density at radius 3 is 1.74 bits per heavy atom. The van der Waals surface area contributed by atoms with Crippen molar-refractivity contribution in [3.8, 4) is 0 Å². The second-order valence-electron chi connectivity index (χ2n) is 12.8. The number of benzene rings is 3. The van der Waals surface area contributed by atoms with E-state index in [2.05, 4.69) is 146 Å². The fourth-order valence-corrected chi connectivity index (χ4v) is 5.38. The predicted octanol–water partition coefficient (Wildman–Crippen LogP) is 8.23. The predicted molar refractivity (Wildman–Crippen MR) is 164 cm³/mol. The van der Waals surface area contributed by atoms with Crippen molar-refractivity contribution in [2.24, 2.45) is 0 Å². The molecule has 5 rings (SSSR count). The van der Waals surface area contributed by atoms with Crippen molar-refractivity contribution < 1.29 is 0 Å². The summed E-state index contributed by atoms with van der Waals surface area (Å²) in [4.78, 5) is 9.76. The van der Waals surface area contributed by atoms with Crippen LogP contribution in [0.3, 0.4) is 0 Å². The van der Waals surface area contributed by atoms with Gasteiger partial charge in [0.15, 0.2) is 0 Å². The van der Waals surface area contributed by atoms with Gasteiger partial charge in [0.1, 0.15) is 0 Å². The summed E-state index contributed by atoms with van der Waals surface area (Å²) in [5.74, 6) is 0. The molecule has 3 aromatic rings. The zero-order chi connectivity index (χ0) is 26.9. The molecule has 38 heavy (non-hydrogen) atoms. The Kier molecular flexibility index (Phi) is 7.17. The first kappa shape index (κ1) is 26.2. The Morgan fingerprint density at radius 1 is 0.579 bits per heavy atom. The highest BCUT2D eigenvalue weighted by molar-refractivity contribution is 5.82. The van der Waals surface area contributed by atoms with Crippen LogP contribution in [0.15, 0.2) is 85.2 Å². The number of unbranched alkanes of at least 4 members (excludes halogenated alkanes) is 1. The highest BCUT2D eigenvalue weighted by Crippen LogP contribution is 2.41. The molecule has 2 aliphatic heterocycles. The molecule has 0 radical (unpaired) electrons. The number of hydrogen-bond acceptors (Lipinski definition) is 4. The molecule has 0 atom stereocenters.